The van der Waals surface area contributed by atoms with Crippen LogP contribution in [-0.4, -0.2) is 28.8 Å². The van der Waals surface area contributed by atoms with Crippen LogP contribution in [0.3, 0.4) is 0 Å². The molecule has 7 nitrogen and oxygen atoms in total. The SMILES string of the molecule is CCCCCCCCc1ccc(N2CCC(COP(=O)(O)O)C2=O)c(C)c1N. The summed E-state index contributed by atoms with van der Waals surface area (Å²) in [6.07, 6.45) is 8.82. The average Bonchev–Trinajstić information content (AvgIpc) is 3.00. The molecule has 1 saturated heterocycles. The normalized spacial score (nSPS) is 17.5. The Balaban J connectivity index is 1.96. The number of amides is 1. The lowest BCUT2D eigenvalue weighted by Gasteiger charge is -2.22. The van der Waals surface area contributed by atoms with Crippen molar-refractivity contribution in [3.8, 4) is 0 Å². The second-order valence-corrected chi connectivity index (χ2v) is 8.80. The fourth-order valence-corrected chi connectivity index (χ4v) is 4.07. The topological polar surface area (TPSA) is 113 Å². The van der Waals surface area contributed by atoms with Gasteiger partial charge in [-0.25, -0.2) is 4.57 Å². The number of aryl methyl sites for hydroxylation is 1. The van der Waals surface area contributed by atoms with E-state index in [4.69, 9.17) is 15.5 Å². The number of phosphoric acid groups is 1. The standard InChI is InChI=1S/C20H33N2O5P/c1-3-4-5-6-7-8-9-16-10-11-18(15(2)19(16)21)22-13-12-17(20(22)23)14-27-28(24,25)26/h10-11,17H,3-9,12-14,21H2,1-2H3,(H2,24,25,26). The Bertz CT molecular complexity index is 719. The minimum Gasteiger partial charge on any atom is -0.398 e. The molecule has 0 saturated carbocycles. The summed E-state index contributed by atoms with van der Waals surface area (Å²) in [5.41, 5.74) is 9.84. The van der Waals surface area contributed by atoms with E-state index >= 15 is 0 Å². The summed E-state index contributed by atoms with van der Waals surface area (Å²) in [5.74, 6) is -0.726. The minimum absolute atomic E-state index is 0.181. The number of hydrogen-bond donors (Lipinski definition) is 3. The van der Waals surface area contributed by atoms with E-state index in [2.05, 4.69) is 11.4 Å². The highest BCUT2D eigenvalue weighted by molar-refractivity contribution is 7.46. The molecule has 1 atom stereocenters. The predicted molar refractivity (Wildman–Crippen MR) is 111 cm³/mol. The average molecular weight is 412 g/mol. The Morgan fingerprint density at radius 1 is 1.21 bits per heavy atom. The molecule has 1 aromatic rings. The van der Waals surface area contributed by atoms with E-state index < -0.39 is 13.7 Å². The highest BCUT2D eigenvalue weighted by atomic mass is 31.2. The summed E-state index contributed by atoms with van der Waals surface area (Å²) >= 11 is 0. The predicted octanol–water partition coefficient (Wildman–Crippen LogP) is 3.94. The van der Waals surface area contributed by atoms with Gasteiger partial charge in [0.05, 0.1) is 12.5 Å². The van der Waals surface area contributed by atoms with Crippen LogP contribution in [0.15, 0.2) is 12.1 Å². The fraction of sp³-hybridized carbons (Fsp3) is 0.650. The van der Waals surface area contributed by atoms with Gasteiger partial charge in [0.2, 0.25) is 5.91 Å². The van der Waals surface area contributed by atoms with Crippen molar-refractivity contribution in [1.29, 1.82) is 0 Å². The third-order valence-electron chi connectivity index (χ3n) is 5.43. The van der Waals surface area contributed by atoms with Crippen molar-refractivity contribution in [3.05, 3.63) is 23.3 Å². The monoisotopic (exact) mass is 412 g/mol. The second kappa shape index (κ2) is 10.4. The first-order chi connectivity index (χ1) is 13.2. The number of nitrogens with two attached hydrogens (primary N) is 1. The number of benzene rings is 1. The Morgan fingerprint density at radius 3 is 2.57 bits per heavy atom. The summed E-state index contributed by atoms with van der Waals surface area (Å²) < 4.78 is 15.4. The van der Waals surface area contributed by atoms with Crippen molar-refractivity contribution in [2.75, 3.05) is 23.8 Å². The molecule has 1 aliphatic heterocycles. The maximum atomic E-state index is 12.6. The second-order valence-electron chi connectivity index (χ2n) is 7.56. The number of hydrogen-bond acceptors (Lipinski definition) is 4. The van der Waals surface area contributed by atoms with Gasteiger partial charge in [0.1, 0.15) is 0 Å². The summed E-state index contributed by atoms with van der Waals surface area (Å²) in [6.45, 7) is 4.35. The van der Waals surface area contributed by atoms with Gasteiger partial charge in [-0.15, -0.1) is 0 Å². The van der Waals surface area contributed by atoms with E-state index in [1.165, 1.54) is 32.1 Å². The molecule has 1 aliphatic rings. The number of nitrogens with zero attached hydrogens (tertiary/aromatic N) is 1. The molecule has 0 aromatic heterocycles. The third kappa shape index (κ3) is 6.31. The van der Waals surface area contributed by atoms with Crippen LogP contribution in [0.25, 0.3) is 0 Å². The van der Waals surface area contributed by atoms with Crippen molar-refractivity contribution in [3.63, 3.8) is 0 Å². The molecule has 158 valence electrons. The number of carbonyl (C=O) groups is 1. The van der Waals surface area contributed by atoms with Crippen molar-refractivity contribution in [2.45, 2.75) is 65.2 Å². The molecule has 1 heterocycles. The molecule has 1 unspecified atom stereocenters. The zero-order chi connectivity index (χ0) is 20.7. The molecule has 2 rings (SSSR count). The molecule has 0 spiro atoms. The van der Waals surface area contributed by atoms with Gasteiger partial charge in [0, 0.05) is 17.9 Å². The molecule has 1 amide bonds. The van der Waals surface area contributed by atoms with Gasteiger partial charge in [-0.1, -0.05) is 45.1 Å². The molecule has 1 fully saturated rings. The van der Waals surface area contributed by atoms with Gasteiger partial charge >= 0.3 is 7.82 Å². The van der Waals surface area contributed by atoms with Crippen LogP contribution in [0.2, 0.25) is 0 Å². The molecule has 0 radical (unpaired) electrons. The van der Waals surface area contributed by atoms with Crippen LogP contribution in [0.5, 0.6) is 0 Å². The largest absolute Gasteiger partial charge is 0.469 e. The van der Waals surface area contributed by atoms with Crippen molar-refractivity contribution in [1.82, 2.24) is 0 Å². The quantitative estimate of drug-likeness (QED) is 0.288. The van der Waals surface area contributed by atoms with Crippen LogP contribution in [0, 0.1) is 12.8 Å². The Labute approximate surface area is 167 Å². The first-order valence-corrected chi connectivity index (χ1v) is 11.7. The molecule has 4 N–H and O–H groups in total. The number of carbonyl (C=O) groups excluding carboxylic acids is 1. The van der Waals surface area contributed by atoms with Gasteiger partial charge < -0.3 is 20.4 Å². The first-order valence-electron chi connectivity index (χ1n) is 10.1. The van der Waals surface area contributed by atoms with Crippen LogP contribution in [0.4, 0.5) is 11.4 Å². The molecule has 1 aromatic carbocycles. The van der Waals surface area contributed by atoms with Gasteiger partial charge in [0.15, 0.2) is 0 Å². The first kappa shape index (κ1) is 22.9. The van der Waals surface area contributed by atoms with Crippen molar-refractivity contribution >= 4 is 25.1 Å². The Hall–Kier alpha value is -1.40. The molecule has 0 bridgehead atoms. The third-order valence-corrected chi connectivity index (χ3v) is 5.91. The van der Waals surface area contributed by atoms with Gasteiger partial charge in [-0.3, -0.25) is 9.32 Å². The lowest BCUT2D eigenvalue weighted by molar-refractivity contribution is -0.121. The smallest absolute Gasteiger partial charge is 0.398 e. The molecule has 28 heavy (non-hydrogen) atoms. The number of rotatable bonds is 11. The van der Waals surface area contributed by atoms with Gasteiger partial charge in [-0.2, -0.15) is 0 Å². The maximum Gasteiger partial charge on any atom is 0.469 e. The lowest BCUT2D eigenvalue weighted by atomic mass is 9.99. The summed E-state index contributed by atoms with van der Waals surface area (Å²) in [6, 6.07) is 3.93. The maximum absolute atomic E-state index is 12.6. The minimum atomic E-state index is -4.57. The van der Waals surface area contributed by atoms with Crippen LogP contribution in [0.1, 0.15) is 63.0 Å². The summed E-state index contributed by atoms with van der Waals surface area (Å²) in [7, 11) is -4.57. The van der Waals surface area contributed by atoms with E-state index in [1.54, 1.807) is 4.90 Å². The number of phosphoric ester groups is 1. The van der Waals surface area contributed by atoms with E-state index in [1.807, 2.05) is 19.1 Å². The molecular weight excluding hydrogens is 379 g/mol. The molecule has 0 aliphatic carbocycles. The summed E-state index contributed by atoms with van der Waals surface area (Å²) in [4.78, 5) is 31.9. The van der Waals surface area contributed by atoms with E-state index in [0.717, 1.165) is 35.3 Å². The van der Waals surface area contributed by atoms with E-state index in [0.29, 0.717) is 13.0 Å². The lowest BCUT2D eigenvalue weighted by Crippen LogP contribution is -2.29. The zero-order valence-corrected chi connectivity index (χ0v) is 17.8. The zero-order valence-electron chi connectivity index (χ0n) is 16.9. The van der Waals surface area contributed by atoms with Crippen LogP contribution >= 0.6 is 7.82 Å². The molecule has 8 heteroatoms. The molecular formula is C20H33N2O5P. The number of anilines is 2. The number of unbranched alkanes of at least 4 members (excludes halogenated alkanes) is 5. The van der Waals surface area contributed by atoms with E-state index in [-0.39, 0.29) is 12.5 Å². The van der Waals surface area contributed by atoms with Crippen LogP contribution < -0.4 is 10.6 Å². The van der Waals surface area contributed by atoms with Crippen molar-refractivity contribution in [2.24, 2.45) is 5.92 Å². The summed E-state index contributed by atoms with van der Waals surface area (Å²) in [5, 5.41) is 0. The fourth-order valence-electron chi connectivity index (χ4n) is 3.70. The highest BCUT2D eigenvalue weighted by Gasteiger charge is 2.35. The van der Waals surface area contributed by atoms with Crippen molar-refractivity contribution < 1.29 is 23.7 Å². The Morgan fingerprint density at radius 2 is 1.89 bits per heavy atom. The van der Waals surface area contributed by atoms with Gasteiger partial charge in [0.25, 0.3) is 0 Å². The number of nitrogen functional groups attached to an aromatic ring is 1. The van der Waals surface area contributed by atoms with Crippen LogP contribution in [-0.2, 0) is 20.3 Å². The Kier molecular flexibility index (Phi) is 8.50. The highest BCUT2D eigenvalue weighted by Crippen LogP contribution is 2.38. The van der Waals surface area contributed by atoms with Gasteiger partial charge in [-0.05, 0) is 43.4 Å². The van der Waals surface area contributed by atoms with E-state index in [9.17, 15) is 9.36 Å².